The van der Waals surface area contributed by atoms with Crippen molar-refractivity contribution in [3.05, 3.63) is 53.9 Å². The normalized spacial score (nSPS) is 20.3. The molecule has 8 nitrogen and oxygen atoms in total. The number of carbonyl (C=O) groups excluding carboxylic acids is 2. The Labute approximate surface area is 168 Å². The summed E-state index contributed by atoms with van der Waals surface area (Å²) in [7, 11) is 0. The molecule has 152 valence electrons. The number of esters is 1. The van der Waals surface area contributed by atoms with Crippen LogP contribution in [0.2, 0.25) is 0 Å². The van der Waals surface area contributed by atoms with Crippen molar-refractivity contribution in [2.45, 2.75) is 25.7 Å². The summed E-state index contributed by atoms with van der Waals surface area (Å²) in [5.74, 6) is -0.911. The van der Waals surface area contributed by atoms with Crippen molar-refractivity contribution in [2.24, 2.45) is 0 Å². The highest BCUT2D eigenvalue weighted by Crippen LogP contribution is 2.37. The summed E-state index contributed by atoms with van der Waals surface area (Å²) in [6.45, 7) is 4.76. The highest BCUT2D eigenvalue weighted by Gasteiger charge is 2.36. The number of hydrogen-bond acceptors (Lipinski definition) is 7. The number of aromatic nitrogens is 1. The van der Waals surface area contributed by atoms with E-state index in [9.17, 15) is 9.59 Å². The van der Waals surface area contributed by atoms with Crippen molar-refractivity contribution in [1.29, 1.82) is 0 Å². The summed E-state index contributed by atoms with van der Waals surface area (Å²) in [6.07, 6.45) is 3.16. The lowest BCUT2D eigenvalue weighted by Gasteiger charge is -2.36. The third kappa shape index (κ3) is 4.02. The molecule has 0 radical (unpaired) electrons. The molecule has 2 aliphatic rings. The second kappa shape index (κ2) is 7.71. The van der Waals surface area contributed by atoms with Gasteiger partial charge in [0.05, 0.1) is 24.8 Å². The second-order valence-corrected chi connectivity index (χ2v) is 7.30. The average Bonchev–Trinajstić information content (AvgIpc) is 2.71. The molecule has 1 saturated heterocycles. The van der Waals surface area contributed by atoms with Gasteiger partial charge in [0.15, 0.2) is 0 Å². The first-order chi connectivity index (χ1) is 13.9. The molecule has 8 heteroatoms. The van der Waals surface area contributed by atoms with Crippen LogP contribution in [0.25, 0.3) is 0 Å². The van der Waals surface area contributed by atoms with E-state index in [0.29, 0.717) is 36.8 Å². The number of ether oxygens (including phenoxy) is 4. The van der Waals surface area contributed by atoms with Crippen molar-refractivity contribution in [1.82, 2.24) is 9.88 Å². The van der Waals surface area contributed by atoms with Crippen LogP contribution in [0, 0.1) is 0 Å². The van der Waals surface area contributed by atoms with E-state index in [4.69, 9.17) is 18.9 Å². The van der Waals surface area contributed by atoms with Gasteiger partial charge in [0.1, 0.15) is 23.7 Å². The molecule has 1 amide bonds. The summed E-state index contributed by atoms with van der Waals surface area (Å²) in [5.41, 5.74) is 0.754. The Kier molecular flexibility index (Phi) is 5.10. The molecule has 4 rings (SSSR count). The molecule has 1 atom stereocenters. The molecule has 0 bridgehead atoms. The van der Waals surface area contributed by atoms with Gasteiger partial charge in [-0.3, -0.25) is 9.78 Å². The number of rotatable bonds is 4. The Hall–Kier alpha value is -3.13. The maximum atomic E-state index is 12.9. The van der Waals surface area contributed by atoms with E-state index in [1.54, 1.807) is 61.5 Å². The molecule has 0 spiro atoms. The van der Waals surface area contributed by atoms with Gasteiger partial charge in [-0.1, -0.05) is 6.07 Å². The number of hydrogen-bond donors (Lipinski definition) is 0. The number of fused-ring (bicyclic) bond motifs is 1. The summed E-state index contributed by atoms with van der Waals surface area (Å²) < 4.78 is 22.5. The van der Waals surface area contributed by atoms with Crippen LogP contribution in [0.1, 0.15) is 34.6 Å². The minimum absolute atomic E-state index is 0.130. The average molecular weight is 398 g/mol. The fraction of sp³-hybridized carbons (Fsp3) is 0.381. The lowest BCUT2D eigenvalue weighted by atomic mass is 10.1. The van der Waals surface area contributed by atoms with Crippen LogP contribution >= 0.6 is 0 Å². The minimum atomic E-state index is -1.03. The van der Waals surface area contributed by atoms with Crippen molar-refractivity contribution < 1.29 is 28.5 Å². The maximum absolute atomic E-state index is 12.9. The van der Waals surface area contributed by atoms with Gasteiger partial charge in [0, 0.05) is 32.8 Å². The van der Waals surface area contributed by atoms with E-state index < -0.39 is 11.8 Å². The molecule has 1 aromatic carbocycles. The van der Waals surface area contributed by atoms with Gasteiger partial charge in [-0.2, -0.15) is 0 Å². The smallest absolute Gasteiger partial charge is 0.349 e. The fourth-order valence-corrected chi connectivity index (χ4v) is 3.38. The molecule has 2 aliphatic heterocycles. The molecule has 0 saturated carbocycles. The number of carbonyl (C=O) groups is 2. The Morgan fingerprint density at radius 3 is 2.93 bits per heavy atom. The van der Waals surface area contributed by atoms with E-state index in [-0.39, 0.29) is 24.1 Å². The van der Waals surface area contributed by atoms with E-state index in [1.165, 1.54) is 0 Å². The predicted molar refractivity (Wildman–Crippen MR) is 102 cm³/mol. The van der Waals surface area contributed by atoms with Gasteiger partial charge < -0.3 is 23.8 Å². The number of pyridine rings is 1. The first-order valence-electron chi connectivity index (χ1n) is 9.41. The van der Waals surface area contributed by atoms with E-state index in [1.807, 2.05) is 0 Å². The first-order valence-corrected chi connectivity index (χ1v) is 9.41. The topological polar surface area (TPSA) is 87.2 Å². The van der Waals surface area contributed by atoms with Gasteiger partial charge in [0.25, 0.3) is 5.91 Å². The van der Waals surface area contributed by atoms with Gasteiger partial charge in [0.2, 0.25) is 5.79 Å². The Morgan fingerprint density at radius 2 is 2.14 bits per heavy atom. The van der Waals surface area contributed by atoms with Crippen molar-refractivity contribution >= 4 is 11.9 Å². The second-order valence-electron chi connectivity index (χ2n) is 7.30. The maximum Gasteiger partial charge on any atom is 0.349 e. The summed E-state index contributed by atoms with van der Waals surface area (Å²) in [5, 5.41) is 0. The van der Waals surface area contributed by atoms with Gasteiger partial charge in [-0.15, -0.1) is 0 Å². The molecule has 29 heavy (non-hydrogen) atoms. The fourth-order valence-electron chi connectivity index (χ4n) is 3.38. The molecule has 2 aromatic rings. The Balaban J connectivity index is 1.51. The van der Waals surface area contributed by atoms with E-state index >= 15 is 0 Å². The van der Waals surface area contributed by atoms with Crippen molar-refractivity contribution in [2.75, 3.05) is 26.4 Å². The van der Waals surface area contributed by atoms with Crippen LogP contribution in [0.15, 0.2) is 42.7 Å². The lowest BCUT2D eigenvalue weighted by Crippen LogP contribution is -2.51. The molecule has 1 aromatic heterocycles. The van der Waals surface area contributed by atoms with Gasteiger partial charge >= 0.3 is 5.97 Å². The highest BCUT2D eigenvalue weighted by molar-refractivity contribution is 5.96. The zero-order chi connectivity index (χ0) is 20.4. The predicted octanol–water partition coefficient (Wildman–Crippen LogP) is 2.29. The Bertz CT molecular complexity index is 915. The van der Waals surface area contributed by atoms with Crippen LogP contribution in [-0.2, 0) is 9.47 Å². The van der Waals surface area contributed by atoms with E-state index in [2.05, 4.69) is 4.98 Å². The highest BCUT2D eigenvalue weighted by atomic mass is 16.7. The minimum Gasteiger partial charge on any atom is -0.490 e. The third-order valence-electron chi connectivity index (χ3n) is 4.71. The standard InChI is InChI=1S/C21H22N2O6/c1-21(2)28-17-7-3-6-16(18(17)20(25)29-21)27-13-15-12-26-10-9-23(15)19(24)14-5-4-8-22-11-14/h3-8,11,15H,9-10,12-13H2,1-2H3/t15-/m0/s1. The van der Waals surface area contributed by atoms with E-state index in [0.717, 1.165) is 0 Å². The van der Waals surface area contributed by atoms with Gasteiger partial charge in [-0.05, 0) is 24.3 Å². The Morgan fingerprint density at radius 1 is 1.28 bits per heavy atom. The zero-order valence-electron chi connectivity index (χ0n) is 16.3. The quantitative estimate of drug-likeness (QED) is 0.730. The molecule has 0 N–H and O–H groups in total. The molecule has 3 heterocycles. The van der Waals surface area contributed by atoms with Crippen LogP contribution in [-0.4, -0.2) is 60.0 Å². The molecular weight excluding hydrogens is 376 g/mol. The van der Waals surface area contributed by atoms with Crippen LogP contribution < -0.4 is 9.47 Å². The number of benzene rings is 1. The number of morpholine rings is 1. The largest absolute Gasteiger partial charge is 0.490 e. The number of cyclic esters (lactones) is 1. The third-order valence-corrected chi connectivity index (χ3v) is 4.71. The summed E-state index contributed by atoms with van der Waals surface area (Å²) >= 11 is 0. The van der Waals surface area contributed by atoms with Crippen LogP contribution in [0.3, 0.4) is 0 Å². The van der Waals surface area contributed by atoms with Crippen LogP contribution in [0.4, 0.5) is 0 Å². The molecule has 0 unspecified atom stereocenters. The van der Waals surface area contributed by atoms with Gasteiger partial charge in [-0.25, -0.2) is 4.79 Å². The van der Waals surface area contributed by atoms with Crippen molar-refractivity contribution in [3.63, 3.8) is 0 Å². The lowest BCUT2D eigenvalue weighted by molar-refractivity contribution is -0.127. The molecule has 0 aliphatic carbocycles. The van der Waals surface area contributed by atoms with Crippen LogP contribution in [0.5, 0.6) is 11.5 Å². The monoisotopic (exact) mass is 398 g/mol. The molecular formula is C21H22N2O6. The van der Waals surface area contributed by atoms with Crippen molar-refractivity contribution in [3.8, 4) is 11.5 Å². The number of nitrogens with zero attached hydrogens (tertiary/aromatic N) is 2. The summed E-state index contributed by atoms with van der Waals surface area (Å²) in [6, 6.07) is 8.28. The zero-order valence-corrected chi connectivity index (χ0v) is 16.3. The first kappa shape index (κ1) is 19.2. The summed E-state index contributed by atoms with van der Waals surface area (Å²) in [4.78, 5) is 31.0. The number of amides is 1. The molecule has 1 fully saturated rings. The SMILES string of the molecule is CC1(C)OC(=O)c2c(OC[C@@H]3COCCN3C(=O)c3cccnc3)cccc2O1.